The Morgan fingerprint density at radius 2 is 2.33 bits per heavy atom. The zero-order valence-electron chi connectivity index (χ0n) is 10.1. The van der Waals surface area contributed by atoms with Gasteiger partial charge in [-0.25, -0.2) is 4.39 Å². The van der Waals surface area contributed by atoms with Gasteiger partial charge in [0, 0.05) is 24.8 Å². The molecule has 1 aliphatic heterocycles. The second-order valence-corrected chi connectivity index (χ2v) is 4.47. The van der Waals surface area contributed by atoms with Crippen molar-refractivity contribution in [1.29, 1.82) is 0 Å². The molecule has 0 radical (unpaired) electrons. The first-order valence-corrected chi connectivity index (χ1v) is 5.88. The molecule has 6 heteroatoms. The molecule has 1 aliphatic rings. The van der Waals surface area contributed by atoms with E-state index in [9.17, 15) is 14.5 Å². The van der Waals surface area contributed by atoms with E-state index in [1.54, 1.807) is 0 Å². The summed E-state index contributed by atoms with van der Waals surface area (Å²) < 4.78 is 18.6. The fourth-order valence-corrected chi connectivity index (χ4v) is 2.13. The molecule has 2 unspecified atom stereocenters. The molecule has 1 saturated heterocycles. The van der Waals surface area contributed by atoms with E-state index in [1.807, 2.05) is 6.92 Å². The molecular formula is C12H15FN2O3. The normalized spacial score (nSPS) is 23.7. The largest absolute Gasteiger partial charge is 0.378 e. The Kier molecular flexibility index (Phi) is 3.76. The highest BCUT2D eigenvalue weighted by atomic mass is 19.1. The van der Waals surface area contributed by atoms with Gasteiger partial charge in [-0.2, -0.15) is 0 Å². The van der Waals surface area contributed by atoms with E-state index in [1.165, 1.54) is 6.07 Å². The molecule has 0 saturated carbocycles. The topological polar surface area (TPSA) is 64.4 Å². The SMILES string of the molecule is CC1CC(Nc2cc(F)ccc2[N+](=O)[O-])CCO1. The maximum atomic E-state index is 13.2. The lowest BCUT2D eigenvalue weighted by Gasteiger charge is -2.28. The van der Waals surface area contributed by atoms with Gasteiger partial charge in [-0.1, -0.05) is 0 Å². The van der Waals surface area contributed by atoms with Crippen LogP contribution in [0.4, 0.5) is 15.8 Å². The van der Waals surface area contributed by atoms with Crippen LogP contribution in [0, 0.1) is 15.9 Å². The summed E-state index contributed by atoms with van der Waals surface area (Å²) >= 11 is 0. The fourth-order valence-electron chi connectivity index (χ4n) is 2.13. The number of nitrogens with zero attached hydrogens (tertiary/aromatic N) is 1. The van der Waals surface area contributed by atoms with Gasteiger partial charge in [-0.05, 0) is 25.8 Å². The molecule has 5 nitrogen and oxygen atoms in total. The number of hydrogen-bond donors (Lipinski definition) is 1. The lowest BCUT2D eigenvalue weighted by Crippen LogP contribution is -2.32. The van der Waals surface area contributed by atoms with Crippen molar-refractivity contribution in [3.8, 4) is 0 Å². The second-order valence-electron chi connectivity index (χ2n) is 4.47. The van der Waals surface area contributed by atoms with Crippen molar-refractivity contribution in [2.24, 2.45) is 0 Å². The molecule has 1 fully saturated rings. The van der Waals surface area contributed by atoms with Crippen LogP contribution in [0.15, 0.2) is 18.2 Å². The Balaban J connectivity index is 2.16. The van der Waals surface area contributed by atoms with Gasteiger partial charge in [0.15, 0.2) is 0 Å². The van der Waals surface area contributed by atoms with Crippen molar-refractivity contribution < 1.29 is 14.1 Å². The van der Waals surface area contributed by atoms with Gasteiger partial charge in [0.25, 0.3) is 5.69 Å². The number of ether oxygens (including phenoxy) is 1. The number of hydrogen-bond acceptors (Lipinski definition) is 4. The van der Waals surface area contributed by atoms with Crippen molar-refractivity contribution in [3.05, 3.63) is 34.1 Å². The van der Waals surface area contributed by atoms with E-state index >= 15 is 0 Å². The van der Waals surface area contributed by atoms with Gasteiger partial charge in [0.1, 0.15) is 11.5 Å². The molecule has 2 atom stereocenters. The zero-order valence-corrected chi connectivity index (χ0v) is 10.1. The fraction of sp³-hybridized carbons (Fsp3) is 0.500. The number of rotatable bonds is 3. The number of nitro benzene ring substituents is 1. The average molecular weight is 254 g/mol. The minimum absolute atomic E-state index is 0.0780. The van der Waals surface area contributed by atoms with E-state index < -0.39 is 10.7 Å². The zero-order chi connectivity index (χ0) is 13.1. The van der Waals surface area contributed by atoms with Crippen LogP contribution in [0.2, 0.25) is 0 Å². The van der Waals surface area contributed by atoms with Crippen LogP contribution in [-0.2, 0) is 4.74 Å². The highest BCUT2D eigenvalue weighted by Crippen LogP contribution is 2.27. The van der Waals surface area contributed by atoms with E-state index in [-0.39, 0.29) is 23.5 Å². The Labute approximate surface area is 104 Å². The maximum Gasteiger partial charge on any atom is 0.292 e. The number of halogens is 1. The summed E-state index contributed by atoms with van der Waals surface area (Å²) in [7, 11) is 0. The van der Waals surface area contributed by atoms with Crippen LogP contribution in [-0.4, -0.2) is 23.7 Å². The molecule has 1 aromatic rings. The summed E-state index contributed by atoms with van der Waals surface area (Å²) in [5, 5.41) is 13.9. The molecule has 1 aromatic carbocycles. The van der Waals surface area contributed by atoms with Gasteiger partial charge in [-0.3, -0.25) is 10.1 Å². The maximum absolute atomic E-state index is 13.2. The third kappa shape index (κ3) is 2.95. The molecule has 0 amide bonds. The molecule has 98 valence electrons. The molecule has 0 aliphatic carbocycles. The van der Waals surface area contributed by atoms with Gasteiger partial charge < -0.3 is 10.1 Å². The molecule has 0 aromatic heterocycles. The first kappa shape index (κ1) is 12.8. The Morgan fingerprint density at radius 1 is 1.56 bits per heavy atom. The Hall–Kier alpha value is -1.69. The van der Waals surface area contributed by atoms with Crippen LogP contribution in [0.25, 0.3) is 0 Å². The van der Waals surface area contributed by atoms with E-state index in [0.29, 0.717) is 6.61 Å². The summed E-state index contributed by atoms with van der Waals surface area (Å²) in [6.07, 6.45) is 1.63. The lowest BCUT2D eigenvalue weighted by molar-refractivity contribution is -0.384. The highest BCUT2D eigenvalue weighted by molar-refractivity contribution is 5.61. The van der Waals surface area contributed by atoms with Gasteiger partial charge in [0.2, 0.25) is 0 Å². The summed E-state index contributed by atoms with van der Waals surface area (Å²) in [4.78, 5) is 10.3. The first-order chi connectivity index (χ1) is 8.56. The smallest absolute Gasteiger partial charge is 0.292 e. The third-order valence-electron chi connectivity index (χ3n) is 3.00. The van der Waals surface area contributed by atoms with Crippen LogP contribution < -0.4 is 5.32 Å². The Morgan fingerprint density at radius 3 is 3.00 bits per heavy atom. The van der Waals surface area contributed by atoms with Gasteiger partial charge in [-0.15, -0.1) is 0 Å². The van der Waals surface area contributed by atoms with Crippen LogP contribution in [0.5, 0.6) is 0 Å². The summed E-state index contributed by atoms with van der Waals surface area (Å²) in [6, 6.07) is 3.52. The molecule has 1 heterocycles. The number of nitro groups is 1. The minimum Gasteiger partial charge on any atom is -0.378 e. The monoisotopic (exact) mass is 254 g/mol. The Bertz CT molecular complexity index is 453. The van der Waals surface area contributed by atoms with Gasteiger partial charge in [0.05, 0.1) is 11.0 Å². The standard InChI is InChI=1S/C12H15FN2O3/c1-8-6-10(4-5-18-8)14-11-7-9(13)2-3-12(11)15(16)17/h2-3,7-8,10,14H,4-6H2,1H3. The van der Waals surface area contributed by atoms with Crippen molar-refractivity contribution in [2.45, 2.75) is 31.9 Å². The molecular weight excluding hydrogens is 239 g/mol. The summed E-state index contributed by atoms with van der Waals surface area (Å²) in [6.45, 7) is 2.57. The molecule has 0 spiro atoms. The minimum atomic E-state index is -0.509. The van der Waals surface area contributed by atoms with E-state index in [4.69, 9.17) is 4.74 Å². The first-order valence-electron chi connectivity index (χ1n) is 5.88. The van der Waals surface area contributed by atoms with Crippen LogP contribution >= 0.6 is 0 Å². The number of benzene rings is 1. The second kappa shape index (κ2) is 5.30. The predicted octanol–water partition coefficient (Wildman–Crippen LogP) is 2.71. The number of anilines is 1. The van der Waals surface area contributed by atoms with E-state index in [0.717, 1.165) is 25.0 Å². The molecule has 1 N–H and O–H groups in total. The summed E-state index contributed by atoms with van der Waals surface area (Å²) in [5.74, 6) is -0.483. The van der Waals surface area contributed by atoms with Crippen molar-refractivity contribution in [1.82, 2.24) is 0 Å². The summed E-state index contributed by atoms with van der Waals surface area (Å²) in [5.41, 5.74) is 0.134. The van der Waals surface area contributed by atoms with Crippen molar-refractivity contribution >= 4 is 11.4 Å². The van der Waals surface area contributed by atoms with Gasteiger partial charge >= 0.3 is 0 Å². The molecule has 2 rings (SSSR count). The average Bonchev–Trinajstić information content (AvgIpc) is 2.28. The quantitative estimate of drug-likeness (QED) is 0.665. The molecule has 0 bridgehead atoms. The van der Waals surface area contributed by atoms with Crippen molar-refractivity contribution in [3.63, 3.8) is 0 Å². The number of nitrogens with one attached hydrogen (secondary N) is 1. The van der Waals surface area contributed by atoms with Crippen molar-refractivity contribution in [2.75, 3.05) is 11.9 Å². The van der Waals surface area contributed by atoms with Crippen LogP contribution in [0.3, 0.4) is 0 Å². The lowest BCUT2D eigenvalue weighted by atomic mass is 10.0. The van der Waals surface area contributed by atoms with Crippen LogP contribution in [0.1, 0.15) is 19.8 Å². The predicted molar refractivity (Wildman–Crippen MR) is 65.1 cm³/mol. The van der Waals surface area contributed by atoms with E-state index in [2.05, 4.69) is 5.32 Å². The molecule has 18 heavy (non-hydrogen) atoms. The highest BCUT2D eigenvalue weighted by Gasteiger charge is 2.22. The third-order valence-corrected chi connectivity index (χ3v) is 3.00.